The molecule has 1 saturated carbocycles. The Bertz CT molecular complexity index is 1870. The third-order valence-electron chi connectivity index (χ3n) is 12.0. The molecule has 0 spiro atoms. The molecule has 1 unspecified atom stereocenters. The second kappa shape index (κ2) is 14.5. The molecular formula is C41H51N7O4. The van der Waals surface area contributed by atoms with Gasteiger partial charge in [-0.2, -0.15) is 0 Å². The van der Waals surface area contributed by atoms with Crippen molar-refractivity contribution < 1.29 is 19.1 Å². The first-order chi connectivity index (χ1) is 25.2. The summed E-state index contributed by atoms with van der Waals surface area (Å²) in [6.45, 7) is 4.96. The maximum Gasteiger partial charge on any atom is 0.407 e. The van der Waals surface area contributed by atoms with Gasteiger partial charge in [0.05, 0.1) is 55.2 Å². The number of H-pyrrole nitrogens is 2. The molecule has 2 aromatic carbocycles. The molecule has 4 aromatic rings. The maximum atomic E-state index is 14.3. The second-order valence-corrected chi connectivity index (χ2v) is 15.5. The van der Waals surface area contributed by atoms with E-state index in [-0.39, 0.29) is 30.1 Å². The van der Waals surface area contributed by atoms with Gasteiger partial charge in [-0.05, 0) is 106 Å². The van der Waals surface area contributed by atoms with Crippen LogP contribution in [0, 0.1) is 11.8 Å². The molecule has 52 heavy (non-hydrogen) atoms. The van der Waals surface area contributed by atoms with Crippen LogP contribution in [0.4, 0.5) is 4.79 Å². The fourth-order valence-corrected chi connectivity index (χ4v) is 8.77. The first-order valence-corrected chi connectivity index (χ1v) is 19.1. The number of carbonyl (C=O) groups excluding carboxylic acids is 2. The second-order valence-electron chi connectivity index (χ2n) is 15.5. The van der Waals surface area contributed by atoms with Gasteiger partial charge < -0.3 is 29.7 Å². The van der Waals surface area contributed by atoms with Gasteiger partial charge in [0.25, 0.3) is 0 Å². The number of aromatic amines is 2. The number of nitrogens with one attached hydrogen (secondary N) is 3. The van der Waals surface area contributed by atoms with Crippen LogP contribution in [-0.2, 0) is 14.3 Å². The zero-order valence-corrected chi connectivity index (χ0v) is 30.7. The predicted molar refractivity (Wildman–Crippen MR) is 199 cm³/mol. The van der Waals surface area contributed by atoms with Crippen LogP contribution in [0.1, 0.15) is 88.9 Å². The Hall–Kier alpha value is -4.48. The van der Waals surface area contributed by atoms with Crippen LogP contribution < -0.4 is 5.32 Å². The number of aromatic nitrogens is 4. The number of carbonyl (C=O) groups is 2. The third kappa shape index (κ3) is 7.00. The highest BCUT2D eigenvalue weighted by molar-refractivity contribution is 5.86. The van der Waals surface area contributed by atoms with Gasteiger partial charge in [0.15, 0.2) is 0 Å². The van der Waals surface area contributed by atoms with E-state index in [2.05, 4.69) is 89.6 Å². The van der Waals surface area contributed by atoms with Crippen LogP contribution in [0.3, 0.4) is 0 Å². The van der Waals surface area contributed by atoms with Gasteiger partial charge in [-0.1, -0.05) is 48.5 Å². The van der Waals surface area contributed by atoms with Gasteiger partial charge in [-0.25, -0.2) is 14.8 Å². The zero-order chi connectivity index (χ0) is 35.9. The Morgan fingerprint density at radius 2 is 1.42 bits per heavy atom. The van der Waals surface area contributed by atoms with Crippen LogP contribution in [0.2, 0.25) is 0 Å². The van der Waals surface area contributed by atoms with Gasteiger partial charge >= 0.3 is 6.09 Å². The van der Waals surface area contributed by atoms with Crippen LogP contribution in [0.5, 0.6) is 0 Å². The molecule has 8 rings (SSSR count). The van der Waals surface area contributed by atoms with Crippen LogP contribution in [-0.4, -0.2) is 86.7 Å². The van der Waals surface area contributed by atoms with E-state index >= 15 is 0 Å². The quantitative estimate of drug-likeness (QED) is 0.167. The van der Waals surface area contributed by atoms with Crippen molar-refractivity contribution in [2.75, 3.05) is 20.7 Å². The van der Waals surface area contributed by atoms with Crippen molar-refractivity contribution in [1.82, 2.24) is 35.1 Å². The smallest absolute Gasteiger partial charge is 0.407 e. The van der Waals surface area contributed by atoms with Gasteiger partial charge in [0, 0.05) is 12.6 Å². The van der Waals surface area contributed by atoms with E-state index in [0.29, 0.717) is 24.5 Å². The summed E-state index contributed by atoms with van der Waals surface area (Å²) in [5.41, 5.74) is 6.36. The molecule has 1 aliphatic carbocycles. The lowest BCUT2D eigenvalue weighted by Crippen LogP contribution is -2.54. The summed E-state index contributed by atoms with van der Waals surface area (Å²) >= 11 is 0. The van der Waals surface area contributed by atoms with E-state index < -0.39 is 12.1 Å². The lowest BCUT2D eigenvalue weighted by atomic mass is 9.84. The average molecular weight is 706 g/mol. The Morgan fingerprint density at radius 1 is 0.827 bits per heavy atom. The maximum absolute atomic E-state index is 14.3. The molecule has 0 radical (unpaired) electrons. The van der Waals surface area contributed by atoms with Crippen LogP contribution in [0.25, 0.3) is 33.6 Å². The molecule has 4 aliphatic rings. The summed E-state index contributed by atoms with van der Waals surface area (Å²) in [4.78, 5) is 47.7. The Balaban J connectivity index is 0.941. The van der Waals surface area contributed by atoms with E-state index in [0.717, 1.165) is 77.4 Å². The Kier molecular flexibility index (Phi) is 9.65. The number of alkyl carbamates (subject to hydrolysis) is 1. The fourth-order valence-electron chi connectivity index (χ4n) is 8.77. The summed E-state index contributed by atoms with van der Waals surface area (Å²) in [6, 6.07) is 17.2. The number of benzene rings is 2. The molecule has 11 nitrogen and oxygen atoms in total. The number of imidazole rings is 2. The molecule has 4 fully saturated rings. The van der Waals surface area contributed by atoms with Gasteiger partial charge in [-0.3, -0.25) is 9.69 Å². The largest absolute Gasteiger partial charge is 0.453 e. The first-order valence-electron chi connectivity index (χ1n) is 19.1. The van der Waals surface area contributed by atoms with Crippen molar-refractivity contribution in [2.24, 2.45) is 11.8 Å². The SMILES string of the molecule is COC(=O)N[C@H](C(=O)N1CCC[C@H]1c1ncc(-c2ccc(-c3ccc(-c4cnc([C@@H]5CC[C@H](C)N5C)[nH]4)cc3)cc2)[nH]1)[C@@H]1CC(C2CC2)O[C@@H](C)C1. The van der Waals surface area contributed by atoms with Crippen molar-refractivity contribution in [2.45, 2.75) is 102 Å². The number of hydrogen-bond acceptors (Lipinski definition) is 7. The number of methoxy groups -OCH3 is 1. The van der Waals surface area contributed by atoms with Crippen molar-refractivity contribution in [3.63, 3.8) is 0 Å². The number of likely N-dealkylation sites (tertiary alicyclic amines) is 2. The minimum atomic E-state index is -0.670. The molecule has 2 aromatic heterocycles. The predicted octanol–water partition coefficient (Wildman–Crippen LogP) is 7.27. The minimum Gasteiger partial charge on any atom is -0.453 e. The molecule has 5 heterocycles. The molecule has 7 atom stereocenters. The van der Waals surface area contributed by atoms with Gasteiger partial charge in [-0.15, -0.1) is 0 Å². The third-order valence-corrected chi connectivity index (χ3v) is 12.0. The standard InChI is InChI=1S/C41H51N7O4/c1-24-7-18-34(47(24)3)38-42-22-32(44-38)28-12-8-26(9-13-28)27-10-14-29(15-11-27)33-23-43-39(45-33)35-6-5-19-48(35)40(49)37(46-41(50)51-4)31-20-25(2)52-36(21-31)30-16-17-30/h8-15,22-25,30-31,34-37H,5-7,16-21H2,1-4H3,(H,42,44)(H,43,45)(H,46,50)/t24-,25-,31-,34-,35-,36?,37-/m0/s1. The van der Waals surface area contributed by atoms with E-state index in [1.807, 2.05) is 17.3 Å². The lowest BCUT2D eigenvalue weighted by Gasteiger charge is -2.39. The van der Waals surface area contributed by atoms with E-state index in [4.69, 9.17) is 19.4 Å². The zero-order valence-electron chi connectivity index (χ0n) is 30.7. The minimum absolute atomic E-state index is 0.0182. The number of rotatable bonds is 9. The summed E-state index contributed by atoms with van der Waals surface area (Å²) in [6.07, 6.45) is 11.2. The summed E-state index contributed by atoms with van der Waals surface area (Å²) in [7, 11) is 3.53. The van der Waals surface area contributed by atoms with Gasteiger partial charge in [0.1, 0.15) is 17.7 Å². The van der Waals surface area contributed by atoms with Crippen molar-refractivity contribution >= 4 is 12.0 Å². The average Bonchev–Trinajstić information content (AvgIpc) is 3.51. The van der Waals surface area contributed by atoms with Crippen molar-refractivity contribution in [1.29, 1.82) is 0 Å². The number of amides is 2. The highest BCUT2D eigenvalue weighted by atomic mass is 16.5. The molecule has 0 bridgehead atoms. The highest BCUT2D eigenvalue weighted by Gasteiger charge is 2.45. The normalized spacial score (nSPS) is 27.1. The molecule has 3 saturated heterocycles. The lowest BCUT2D eigenvalue weighted by molar-refractivity contribution is -0.139. The first kappa shape index (κ1) is 34.6. The summed E-state index contributed by atoms with van der Waals surface area (Å²) in [5, 5.41) is 2.92. The number of nitrogens with zero attached hydrogens (tertiary/aromatic N) is 4. The molecule has 3 N–H and O–H groups in total. The van der Waals surface area contributed by atoms with E-state index in [1.54, 1.807) is 0 Å². The highest BCUT2D eigenvalue weighted by Crippen LogP contribution is 2.43. The summed E-state index contributed by atoms with van der Waals surface area (Å²) < 4.78 is 11.2. The van der Waals surface area contributed by atoms with Crippen LogP contribution in [0.15, 0.2) is 60.9 Å². The number of ether oxygens (including phenoxy) is 2. The van der Waals surface area contributed by atoms with Crippen molar-refractivity contribution in [3.05, 3.63) is 72.6 Å². The monoisotopic (exact) mass is 705 g/mol. The van der Waals surface area contributed by atoms with Crippen LogP contribution >= 0.6 is 0 Å². The van der Waals surface area contributed by atoms with E-state index in [1.165, 1.54) is 26.4 Å². The molecule has 274 valence electrons. The Morgan fingerprint density at radius 3 is 1.98 bits per heavy atom. The fraction of sp³-hybridized carbons (Fsp3) is 0.512. The van der Waals surface area contributed by atoms with Gasteiger partial charge in [0.2, 0.25) is 5.91 Å². The van der Waals surface area contributed by atoms with Crippen molar-refractivity contribution in [3.8, 4) is 33.6 Å². The Labute approximate surface area is 305 Å². The summed E-state index contributed by atoms with van der Waals surface area (Å²) in [5.74, 6) is 2.28. The topological polar surface area (TPSA) is 128 Å². The molecular weight excluding hydrogens is 654 g/mol. The molecule has 11 heteroatoms. The molecule has 3 aliphatic heterocycles. The molecule has 2 amide bonds. The van der Waals surface area contributed by atoms with E-state index in [9.17, 15) is 9.59 Å². The number of hydrogen-bond donors (Lipinski definition) is 3.